The number of rotatable bonds is 4. The Morgan fingerprint density at radius 2 is 2.35 bits per heavy atom. The van der Waals surface area contributed by atoms with Crippen LogP contribution >= 0.6 is 0 Å². The van der Waals surface area contributed by atoms with E-state index in [0.717, 1.165) is 0 Å². The minimum Gasteiger partial charge on any atom is -0.481 e. The number of nitrogens with one attached hydrogen (secondary N) is 1. The third-order valence-corrected chi connectivity index (χ3v) is 2.73. The molecule has 0 unspecified atom stereocenters. The Morgan fingerprint density at radius 1 is 1.65 bits per heavy atom. The average molecular weight is 240 g/mol. The minimum absolute atomic E-state index is 0.0655. The summed E-state index contributed by atoms with van der Waals surface area (Å²) in [5.74, 6) is -1.62. The molecular formula is C9H12N4O4. The molecule has 17 heavy (non-hydrogen) atoms. The quantitative estimate of drug-likeness (QED) is 0.639. The SMILES string of the molecule is COC(=O)c1ncn(C2(CC(=O)O)CNC2)n1. The Bertz CT molecular complexity index is 452. The van der Waals surface area contributed by atoms with Crippen molar-refractivity contribution in [3.8, 4) is 0 Å². The summed E-state index contributed by atoms with van der Waals surface area (Å²) in [5.41, 5.74) is -0.634. The van der Waals surface area contributed by atoms with E-state index in [1.165, 1.54) is 18.1 Å². The average Bonchev–Trinajstić information content (AvgIpc) is 2.71. The lowest BCUT2D eigenvalue weighted by molar-refractivity contribution is -0.140. The van der Waals surface area contributed by atoms with Gasteiger partial charge in [0.1, 0.15) is 6.33 Å². The van der Waals surface area contributed by atoms with Gasteiger partial charge < -0.3 is 15.2 Å². The molecule has 1 saturated heterocycles. The van der Waals surface area contributed by atoms with Crippen molar-refractivity contribution < 1.29 is 19.4 Å². The molecule has 0 amide bonds. The van der Waals surface area contributed by atoms with Gasteiger partial charge in [0.2, 0.25) is 0 Å². The Hall–Kier alpha value is -1.96. The fourth-order valence-electron chi connectivity index (χ4n) is 1.74. The van der Waals surface area contributed by atoms with E-state index in [1.54, 1.807) is 0 Å². The summed E-state index contributed by atoms with van der Waals surface area (Å²) >= 11 is 0. The third-order valence-electron chi connectivity index (χ3n) is 2.73. The van der Waals surface area contributed by atoms with Crippen LogP contribution in [0.1, 0.15) is 17.0 Å². The molecule has 92 valence electrons. The molecule has 1 fully saturated rings. The van der Waals surface area contributed by atoms with E-state index >= 15 is 0 Å². The summed E-state index contributed by atoms with van der Waals surface area (Å²) in [5, 5.41) is 15.8. The van der Waals surface area contributed by atoms with Crippen molar-refractivity contribution >= 4 is 11.9 Å². The summed E-state index contributed by atoms with van der Waals surface area (Å²) in [6.07, 6.45) is 1.29. The van der Waals surface area contributed by atoms with Gasteiger partial charge in [0.15, 0.2) is 0 Å². The van der Waals surface area contributed by atoms with Gasteiger partial charge >= 0.3 is 11.9 Å². The van der Waals surface area contributed by atoms with Crippen LogP contribution in [0.3, 0.4) is 0 Å². The number of esters is 1. The van der Waals surface area contributed by atoms with Crippen LogP contribution in [0.25, 0.3) is 0 Å². The maximum absolute atomic E-state index is 11.2. The van der Waals surface area contributed by atoms with E-state index < -0.39 is 17.5 Å². The van der Waals surface area contributed by atoms with Crippen LogP contribution < -0.4 is 5.32 Å². The van der Waals surface area contributed by atoms with Gasteiger partial charge in [0, 0.05) is 13.1 Å². The van der Waals surface area contributed by atoms with Crippen molar-refractivity contribution in [1.29, 1.82) is 0 Å². The van der Waals surface area contributed by atoms with Crippen LogP contribution in [-0.2, 0) is 15.1 Å². The summed E-state index contributed by atoms with van der Waals surface area (Å²) in [7, 11) is 1.24. The maximum Gasteiger partial charge on any atom is 0.377 e. The number of methoxy groups -OCH3 is 1. The van der Waals surface area contributed by atoms with E-state index in [-0.39, 0.29) is 12.2 Å². The van der Waals surface area contributed by atoms with Crippen molar-refractivity contribution in [3.63, 3.8) is 0 Å². The first-order chi connectivity index (χ1) is 8.07. The fourth-order valence-corrected chi connectivity index (χ4v) is 1.74. The summed E-state index contributed by atoms with van der Waals surface area (Å²) < 4.78 is 5.91. The molecule has 2 rings (SSSR count). The smallest absolute Gasteiger partial charge is 0.377 e. The predicted molar refractivity (Wildman–Crippen MR) is 54.5 cm³/mol. The van der Waals surface area contributed by atoms with Crippen LogP contribution in [0.4, 0.5) is 0 Å². The molecule has 0 aromatic carbocycles. The number of hydrogen-bond donors (Lipinski definition) is 2. The molecule has 0 spiro atoms. The zero-order valence-electron chi connectivity index (χ0n) is 9.21. The van der Waals surface area contributed by atoms with Crippen molar-refractivity contribution in [2.24, 2.45) is 0 Å². The zero-order chi connectivity index (χ0) is 12.5. The number of nitrogens with zero attached hydrogens (tertiary/aromatic N) is 3. The molecule has 0 atom stereocenters. The van der Waals surface area contributed by atoms with Crippen LogP contribution in [0.15, 0.2) is 6.33 Å². The number of aliphatic carboxylic acids is 1. The number of carbonyl (C=O) groups excluding carboxylic acids is 1. The molecule has 0 saturated carbocycles. The van der Waals surface area contributed by atoms with Crippen LogP contribution in [0.5, 0.6) is 0 Å². The lowest BCUT2D eigenvalue weighted by atomic mass is 9.89. The third kappa shape index (κ3) is 1.98. The number of ether oxygens (including phenoxy) is 1. The fraction of sp³-hybridized carbons (Fsp3) is 0.556. The lowest BCUT2D eigenvalue weighted by Crippen LogP contribution is -2.61. The standard InChI is InChI=1S/C9H12N4O4/c1-17-8(16)7-11-5-13(12-7)9(2-6(14)15)3-10-4-9/h5,10H,2-4H2,1H3,(H,14,15). The highest BCUT2D eigenvalue weighted by atomic mass is 16.5. The topological polar surface area (TPSA) is 106 Å². The second kappa shape index (κ2) is 4.13. The van der Waals surface area contributed by atoms with Gasteiger partial charge in [-0.1, -0.05) is 0 Å². The normalized spacial score (nSPS) is 17.2. The summed E-state index contributed by atoms with van der Waals surface area (Å²) in [6, 6.07) is 0. The first-order valence-electron chi connectivity index (χ1n) is 5.00. The number of carboxylic acid groups (broad SMARTS) is 1. The highest BCUT2D eigenvalue weighted by molar-refractivity contribution is 5.84. The lowest BCUT2D eigenvalue weighted by Gasteiger charge is -2.41. The number of hydrogen-bond acceptors (Lipinski definition) is 6. The number of carboxylic acids is 1. The molecule has 8 heteroatoms. The van der Waals surface area contributed by atoms with Gasteiger partial charge in [-0.05, 0) is 0 Å². The minimum atomic E-state index is -0.915. The highest BCUT2D eigenvalue weighted by Gasteiger charge is 2.42. The van der Waals surface area contributed by atoms with Crippen molar-refractivity contribution in [2.75, 3.05) is 20.2 Å². The molecule has 2 N–H and O–H groups in total. The highest BCUT2D eigenvalue weighted by Crippen LogP contribution is 2.24. The van der Waals surface area contributed by atoms with E-state index in [4.69, 9.17) is 5.11 Å². The largest absolute Gasteiger partial charge is 0.481 e. The molecule has 0 bridgehead atoms. The number of carbonyl (C=O) groups is 2. The zero-order valence-corrected chi connectivity index (χ0v) is 9.21. The molecule has 0 aliphatic carbocycles. The second-order valence-electron chi connectivity index (χ2n) is 3.90. The van der Waals surface area contributed by atoms with Gasteiger partial charge in [-0.25, -0.2) is 14.5 Å². The molecule has 1 aromatic heterocycles. The molecule has 1 aliphatic rings. The van der Waals surface area contributed by atoms with Crippen LogP contribution in [0.2, 0.25) is 0 Å². The van der Waals surface area contributed by atoms with Crippen molar-refractivity contribution in [2.45, 2.75) is 12.0 Å². The van der Waals surface area contributed by atoms with Gasteiger partial charge in [0.25, 0.3) is 5.82 Å². The summed E-state index contributed by atoms with van der Waals surface area (Å²) in [4.78, 5) is 25.8. The first kappa shape index (κ1) is 11.5. The Labute approximate surface area is 96.6 Å². The van der Waals surface area contributed by atoms with Crippen LogP contribution in [-0.4, -0.2) is 52.0 Å². The molecular weight excluding hydrogens is 228 g/mol. The van der Waals surface area contributed by atoms with Crippen LogP contribution in [0, 0.1) is 0 Å². The van der Waals surface area contributed by atoms with Crippen molar-refractivity contribution in [3.05, 3.63) is 12.2 Å². The van der Waals surface area contributed by atoms with E-state index in [0.29, 0.717) is 13.1 Å². The van der Waals surface area contributed by atoms with Gasteiger partial charge in [0.05, 0.1) is 19.1 Å². The van der Waals surface area contributed by atoms with E-state index in [1.807, 2.05) is 0 Å². The molecule has 2 heterocycles. The van der Waals surface area contributed by atoms with E-state index in [9.17, 15) is 9.59 Å². The number of aromatic nitrogens is 3. The Morgan fingerprint density at radius 3 is 2.82 bits per heavy atom. The molecule has 8 nitrogen and oxygen atoms in total. The molecule has 1 aromatic rings. The predicted octanol–water partition coefficient (Wildman–Crippen LogP) is -1.16. The summed E-state index contributed by atoms with van der Waals surface area (Å²) in [6.45, 7) is 0.979. The first-order valence-corrected chi connectivity index (χ1v) is 5.00. The maximum atomic E-state index is 11.2. The van der Waals surface area contributed by atoms with Gasteiger partial charge in [-0.2, -0.15) is 0 Å². The molecule has 0 radical (unpaired) electrons. The van der Waals surface area contributed by atoms with E-state index in [2.05, 4.69) is 20.1 Å². The molecule has 1 aliphatic heterocycles. The van der Waals surface area contributed by atoms with Crippen molar-refractivity contribution in [1.82, 2.24) is 20.1 Å². The monoisotopic (exact) mass is 240 g/mol. The van der Waals surface area contributed by atoms with Gasteiger partial charge in [-0.3, -0.25) is 4.79 Å². The van der Waals surface area contributed by atoms with Gasteiger partial charge in [-0.15, -0.1) is 5.10 Å². The second-order valence-corrected chi connectivity index (χ2v) is 3.90. The Balaban J connectivity index is 2.23. The Kier molecular flexibility index (Phi) is 2.80.